The third kappa shape index (κ3) is 3.25. The van der Waals surface area contributed by atoms with Crippen molar-refractivity contribution in [3.05, 3.63) is 0 Å². The smallest absolute Gasteiger partial charge is 0.550 e. The van der Waals surface area contributed by atoms with Crippen LogP contribution < -0.4 is 24.0 Å². The minimum absolute atomic E-state index is 0. The number of aliphatic carboxylic acids is 1. The number of carbonyl (C=O) groups is 2. The molecule has 6 nitrogen and oxygen atoms in total. The molecule has 2 aliphatic heterocycles. The first-order valence-corrected chi connectivity index (χ1v) is 6.00. The number of carboxylic acids is 1. The number of hydrogen-bond acceptors (Lipinski definition) is 5. The monoisotopic (exact) mass is 263 g/mol. The summed E-state index contributed by atoms with van der Waals surface area (Å²) in [6, 6.07) is 0. The Morgan fingerprint density at radius 3 is 2.26 bits per heavy atom. The normalized spacial score (nSPS) is 24.6. The minimum atomic E-state index is -1.12. The Labute approximate surface area is 124 Å². The van der Waals surface area contributed by atoms with Gasteiger partial charge in [0.2, 0.25) is 0 Å². The van der Waals surface area contributed by atoms with Crippen molar-refractivity contribution in [1.82, 2.24) is 4.90 Å². The average molecular weight is 263 g/mol. The van der Waals surface area contributed by atoms with E-state index in [1.165, 1.54) is 4.90 Å². The molecule has 0 saturated carbocycles. The molecule has 2 heterocycles. The first-order valence-electron chi connectivity index (χ1n) is 6.00. The van der Waals surface area contributed by atoms with Gasteiger partial charge in [0.05, 0.1) is 13.2 Å². The number of ether oxygens (including phenoxy) is 2. The van der Waals surface area contributed by atoms with Crippen LogP contribution >= 0.6 is 0 Å². The fraction of sp³-hybridized carbons (Fsp3) is 0.833. The molecule has 1 atom stereocenters. The zero-order valence-electron chi connectivity index (χ0n) is 11.9. The molecular weight excluding hydrogens is 245 g/mol. The van der Waals surface area contributed by atoms with E-state index in [0.29, 0.717) is 19.8 Å². The number of carbonyl (C=O) groups excluding carboxylic acids is 2. The van der Waals surface area contributed by atoms with Gasteiger partial charge in [0.1, 0.15) is 5.60 Å². The van der Waals surface area contributed by atoms with Gasteiger partial charge in [-0.1, -0.05) is 0 Å². The molecule has 7 heteroatoms. The molecule has 0 N–H and O–H groups in total. The maximum atomic E-state index is 11.9. The Hall–Kier alpha value is -0.703. The molecule has 0 radical (unpaired) electrons. The zero-order chi connectivity index (χ0) is 13.6. The Bertz CT molecular complexity index is 375. The first-order chi connectivity index (χ1) is 8.23. The second-order valence-electron chi connectivity index (χ2n) is 6.09. The quantitative estimate of drug-likeness (QED) is 0.461. The van der Waals surface area contributed by atoms with Crippen molar-refractivity contribution in [2.24, 2.45) is 11.3 Å². The summed E-state index contributed by atoms with van der Waals surface area (Å²) in [5, 5.41) is 11.1. The summed E-state index contributed by atoms with van der Waals surface area (Å²) < 4.78 is 10.3. The second-order valence-corrected chi connectivity index (χ2v) is 6.09. The van der Waals surface area contributed by atoms with Crippen molar-refractivity contribution >= 4 is 12.1 Å². The van der Waals surface area contributed by atoms with E-state index in [1.54, 1.807) is 20.8 Å². The van der Waals surface area contributed by atoms with Crippen molar-refractivity contribution in [2.45, 2.75) is 26.4 Å². The Balaban J connectivity index is 0.00000180. The molecule has 0 aromatic heterocycles. The number of hydrogen-bond donors (Lipinski definition) is 0. The molecule has 2 aliphatic rings. The van der Waals surface area contributed by atoms with Crippen LogP contribution in [0.1, 0.15) is 20.8 Å². The number of amides is 1. The first kappa shape index (κ1) is 16.4. The van der Waals surface area contributed by atoms with Gasteiger partial charge < -0.3 is 24.3 Å². The van der Waals surface area contributed by atoms with Gasteiger partial charge in [0, 0.05) is 30.4 Å². The molecular formula is C12H18LiNO5. The molecule has 1 spiro atoms. The van der Waals surface area contributed by atoms with Crippen LogP contribution in [-0.4, -0.2) is 48.9 Å². The molecule has 19 heavy (non-hydrogen) atoms. The van der Waals surface area contributed by atoms with Gasteiger partial charge >= 0.3 is 25.0 Å². The van der Waals surface area contributed by atoms with Crippen LogP contribution in [0, 0.1) is 11.3 Å². The van der Waals surface area contributed by atoms with Gasteiger partial charge in [-0.2, -0.15) is 0 Å². The molecule has 1 amide bonds. The fourth-order valence-electron chi connectivity index (χ4n) is 2.42. The van der Waals surface area contributed by atoms with Gasteiger partial charge in [-0.3, -0.25) is 0 Å². The van der Waals surface area contributed by atoms with Crippen LogP contribution in [0.15, 0.2) is 0 Å². The molecule has 2 rings (SSSR count). The van der Waals surface area contributed by atoms with Crippen LogP contribution in [0.5, 0.6) is 0 Å². The molecule has 0 aliphatic carbocycles. The van der Waals surface area contributed by atoms with Crippen molar-refractivity contribution < 1.29 is 43.0 Å². The van der Waals surface area contributed by atoms with Crippen LogP contribution in [0.4, 0.5) is 4.79 Å². The fourth-order valence-corrected chi connectivity index (χ4v) is 2.42. The van der Waals surface area contributed by atoms with Gasteiger partial charge in [0.15, 0.2) is 0 Å². The van der Waals surface area contributed by atoms with Gasteiger partial charge in [-0.15, -0.1) is 0 Å². The van der Waals surface area contributed by atoms with Gasteiger partial charge in [0.25, 0.3) is 0 Å². The van der Waals surface area contributed by atoms with Crippen LogP contribution in [0.2, 0.25) is 0 Å². The summed E-state index contributed by atoms with van der Waals surface area (Å²) in [4.78, 5) is 24.5. The standard InChI is InChI=1S/C12H19NO5.Li/c1-11(2,3)18-10(16)13-4-8(9(14)15)12(5-13)6-17-7-12;/h8H,4-7H2,1-3H3,(H,14,15);/q;+1/p-1. The topological polar surface area (TPSA) is 78.9 Å². The summed E-state index contributed by atoms with van der Waals surface area (Å²) in [6.45, 7) is 6.56. The van der Waals surface area contributed by atoms with E-state index in [0.717, 1.165) is 0 Å². The maximum Gasteiger partial charge on any atom is 1.00 e. The number of likely N-dealkylation sites (tertiary alicyclic amines) is 1. The van der Waals surface area contributed by atoms with E-state index in [2.05, 4.69) is 0 Å². The van der Waals surface area contributed by atoms with E-state index in [-0.39, 0.29) is 25.4 Å². The van der Waals surface area contributed by atoms with Crippen molar-refractivity contribution in [3.8, 4) is 0 Å². The number of carboxylic acid groups (broad SMARTS) is 1. The minimum Gasteiger partial charge on any atom is -0.550 e. The molecule has 2 saturated heterocycles. The molecule has 2 fully saturated rings. The van der Waals surface area contributed by atoms with Crippen LogP contribution in [0.3, 0.4) is 0 Å². The van der Waals surface area contributed by atoms with Crippen LogP contribution in [0.25, 0.3) is 0 Å². The van der Waals surface area contributed by atoms with Crippen molar-refractivity contribution in [3.63, 3.8) is 0 Å². The van der Waals surface area contributed by atoms with Crippen molar-refractivity contribution in [1.29, 1.82) is 0 Å². The summed E-state index contributed by atoms with van der Waals surface area (Å²) in [5.74, 6) is -1.79. The summed E-state index contributed by atoms with van der Waals surface area (Å²) in [6.07, 6.45) is -0.475. The van der Waals surface area contributed by atoms with E-state index in [1.807, 2.05) is 0 Å². The SMILES string of the molecule is CC(C)(C)OC(=O)N1CC(C(=O)[O-])C2(COC2)C1.[Li+]. The maximum absolute atomic E-state index is 11.9. The van der Waals surface area contributed by atoms with E-state index >= 15 is 0 Å². The van der Waals surface area contributed by atoms with Gasteiger partial charge in [-0.25, -0.2) is 4.79 Å². The third-order valence-electron chi connectivity index (χ3n) is 3.36. The number of nitrogens with zero attached hydrogens (tertiary/aromatic N) is 1. The summed E-state index contributed by atoms with van der Waals surface area (Å²) in [5.41, 5.74) is -1.06. The largest absolute Gasteiger partial charge is 1.00 e. The van der Waals surface area contributed by atoms with E-state index < -0.39 is 29.0 Å². The van der Waals surface area contributed by atoms with Crippen LogP contribution in [-0.2, 0) is 14.3 Å². The Morgan fingerprint density at radius 1 is 1.37 bits per heavy atom. The summed E-state index contributed by atoms with van der Waals surface area (Å²) >= 11 is 0. The predicted octanol–water partition coefficient (Wildman–Crippen LogP) is -3.38. The molecule has 1 unspecified atom stereocenters. The third-order valence-corrected chi connectivity index (χ3v) is 3.36. The number of rotatable bonds is 1. The van der Waals surface area contributed by atoms with E-state index in [9.17, 15) is 14.7 Å². The van der Waals surface area contributed by atoms with Gasteiger partial charge in [-0.05, 0) is 20.8 Å². The Morgan fingerprint density at radius 2 is 1.95 bits per heavy atom. The predicted molar refractivity (Wildman–Crippen MR) is 59.6 cm³/mol. The average Bonchev–Trinajstić information content (AvgIpc) is 2.53. The molecule has 0 aromatic rings. The van der Waals surface area contributed by atoms with Crippen molar-refractivity contribution in [2.75, 3.05) is 26.3 Å². The summed E-state index contributed by atoms with van der Waals surface area (Å²) in [7, 11) is 0. The van der Waals surface area contributed by atoms with E-state index in [4.69, 9.17) is 9.47 Å². The molecule has 102 valence electrons. The zero-order valence-corrected chi connectivity index (χ0v) is 11.9. The Kier molecular flexibility index (Phi) is 4.61. The molecule has 0 aromatic carbocycles. The molecule has 0 bridgehead atoms. The second kappa shape index (κ2) is 5.35.